The largest absolute Gasteiger partial charge is 0.457 e. The second-order valence-corrected chi connectivity index (χ2v) is 14.0. The number of nitrogens with zero attached hydrogens (tertiary/aromatic N) is 4. The summed E-state index contributed by atoms with van der Waals surface area (Å²) in [4.78, 5) is 9.93. The highest BCUT2D eigenvalue weighted by molar-refractivity contribution is 6.13. The number of rotatable bonds is 6. The van der Waals surface area contributed by atoms with Crippen LogP contribution in [0.15, 0.2) is 128 Å². The van der Waals surface area contributed by atoms with Gasteiger partial charge in [-0.1, -0.05) is 88.4 Å². The zero-order valence-electron chi connectivity index (χ0n) is 29.0. The molecule has 0 radical (unpaired) electrons. The van der Waals surface area contributed by atoms with Crippen molar-refractivity contribution in [1.82, 2.24) is 18.9 Å². The van der Waals surface area contributed by atoms with E-state index in [-0.39, 0.29) is 0 Å². The smallest absolute Gasteiger partial charge is 0.145 e. The van der Waals surface area contributed by atoms with Crippen molar-refractivity contribution in [3.05, 3.63) is 144 Å². The lowest BCUT2D eigenvalue weighted by molar-refractivity contribution is 0.484. The number of benzene rings is 5. The van der Waals surface area contributed by atoms with E-state index in [2.05, 4.69) is 165 Å². The molecule has 0 aliphatic rings. The van der Waals surface area contributed by atoms with Crippen LogP contribution in [-0.2, 0) is 0 Å². The summed E-state index contributed by atoms with van der Waals surface area (Å²) >= 11 is 0. The molecule has 0 spiro atoms. The average Bonchev–Trinajstić information content (AvgIpc) is 3.72. The molecule has 0 fully saturated rings. The summed E-state index contributed by atoms with van der Waals surface area (Å²) in [5.74, 6) is 3.16. The van der Waals surface area contributed by atoms with Crippen LogP contribution in [0.2, 0.25) is 0 Å². The highest BCUT2D eigenvalue weighted by Gasteiger charge is 2.22. The van der Waals surface area contributed by atoms with E-state index in [1.54, 1.807) is 0 Å². The molecular weight excluding hydrogens is 613 g/mol. The van der Waals surface area contributed by atoms with Crippen LogP contribution in [0.1, 0.15) is 56.2 Å². The van der Waals surface area contributed by atoms with E-state index in [9.17, 15) is 0 Å². The van der Waals surface area contributed by atoms with Crippen LogP contribution in [0.4, 0.5) is 0 Å². The van der Waals surface area contributed by atoms with Crippen LogP contribution >= 0.6 is 0 Å². The monoisotopic (exact) mass is 650 g/mol. The molecule has 4 aromatic heterocycles. The summed E-state index contributed by atoms with van der Waals surface area (Å²) in [6.45, 7) is 11.2. The minimum atomic E-state index is 0.374. The quantitative estimate of drug-likeness (QED) is 0.168. The number of fused-ring (bicyclic) bond motifs is 9. The van der Waals surface area contributed by atoms with E-state index >= 15 is 0 Å². The normalized spacial score (nSPS) is 12.1. The van der Waals surface area contributed by atoms with Crippen molar-refractivity contribution in [2.45, 2.75) is 46.5 Å². The zero-order chi connectivity index (χ0) is 34.1. The molecule has 50 heavy (non-hydrogen) atoms. The molecule has 0 unspecified atom stereocenters. The first-order valence-electron chi connectivity index (χ1n) is 17.5. The third-order valence-electron chi connectivity index (χ3n) is 10.1. The molecule has 0 N–H and O–H groups in total. The Hall–Kier alpha value is -5.94. The summed E-state index contributed by atoms with van der Waals surface area (Å²) < 4.78 is 11.3. The fraction of sp³-hybridized carbons (Fsp3) is 0.156. The number of ether oxygens (including phenoxy) is 1. The topological polar surface area (TPSA) is 44.4 Å². The van der Waals surface area contributed by atoms with E-state index in [1.165, 1.54) is 27.5 Å². The van der Waals surface area contributed by atoms with Gasteiger partial charge in [-0.3, -0.25) is 8.97 Å². The average molecular weight is 651 g/mol. The van der Waals surface area contributed by atoms with Gasteiger partial charge < -0.3 is 4.74 Å². The lowest BCUT2D eigenvalue weighted by Crippen LogP contribution is -2.02. The fourth-order valence-electron chi connectivity index (χ4n) is 7.70. The van der Waals surface area contributed by atoms with E-state index < -0.39 is 0 Å². The first-order valence-corrected chi connectivity index (χ1v) is 17.5. The van der Waals surface area contributed by atoms with Gasteiger partial charge in [0.05, 0.1) is 28.4 Å². The third kappa shape index (κ3) is 4.68. The molecule has 5 heteroatoms. The number of imidazole rings is 1. The van der Waals surface area contributed by atoms with Crippen LogP contribution in [0.5, 0.6) is 11.5 Å². The van der Waals surface area contributed by atoms with Gasteiger partial charge in [0.15, 0.2) is 0 Å². The van der Waals surface area contributed by atoms with Gasteiger partial charge in [0, 0.05) is 39.4 Å². The number of hydrogen-bond acceptors (Lipinski definition) is 3. The lowest BCUT2D eigenvalue weighted by atomic mass is 9.87. The molecule has 0 atom stereocenters. The number of para-hydroxylation sites is 2. The molecule has 244 valence electrons. The molecule has 4 heterocycles. The van der Waals surface area contributed by atoms with Gasteiger partial charge in [-0.2, -0.15) is 0 Å². The molecule has 0 saturated carbocycles. The standard InChI is InChI=1S/C45H38N4O/c1-27(2)32-13-10-14-33(28(3)4)44(32)42-26-47-45-38-23-30(18-20-34(38)35-11-6-9-16-40(35)49(42)45)50-31-19-21-37-36-12-7-8-15-39(36)48(41(37)24-31)43-22-17-29(5)25-46-43/h6-28H,1-5H3. The highest BCUT2D eigenvalue weighted by Crippen LogP contribution is 2.41. The maximum atomic E-state index is 6.68. The Morgan fingerprint density at radius 1 is 0.540 bits per heavy atom. The van der Waals surface area contributed by atoms with Gasteiger partial charge in [0.25, 0.3) is 0 Å². The molecule has 0 bridgehead atoms. The summed E-state index contributed by atoms with van der Waals surface area (Å²) in [5, 5.41) is 5.74. The maximum absolute atomic E-state index is 6.68. The van der Waals surface area contributed by atoms with Crippen molar-refractivity contribution in [3.8, 4) is 28.6 Å². The lowest BCUT2D eigenvalue weighted by Gasteiger charge is -2.20. The van der Waals surface area contributed by atoms with Crippen LogP contribution in [0, 0.1) is 6.92 Å². The van der Waals surface area contributed by atoms with Crippen molar-refractivity contribution in [2.75, 3.05) is 0 Å². The minimum Gasteiger partial charge on any atom is -0.457 e. The first-order chi connectivity index (χ1) is 24.4. The fourth-order valence-corrected chi connectivity index (χ4v) is 7.70. The Kier molecular flexibility index (Phi) is 6.99. The Balaban J connectivity index is 1.23. The molecular formula is C45H38N4O. The summed E-state index contributed by atoms with van der Waals surface area (Å²) in [6, 6.07) is 40.8. The van der Waals surface area contributed by atoms with Gasteiger partial charge in [-0.15, -0.1) is 0 Å². The van der Waals surface area contributed by atoms with Crippen molar-refractivity contribution in [3.63, 3.8) is 0 Å². The van der Waals surface area contributed by atoms with Gasteiger partial charge in [-0.05, 0) is 89.4 Å². The Bertz CT molecular complexity index is 2720. The second-order valence-electron chi connectivity index (χ2n) is 14.0. The van der Waals surface area contributed by atoms with Gasteiger partial charge in [-0.25, -0.2) is 9.97 Å². The maximum Gasteiger partial charge on any atom is 0.145 e. The van der Waals surface area contributed by atoms with E-state index in [0.29, 0.717) is 11.8 Å². The first kappa shape index (κ1) is 30.1. The van der Waals surface area contributed by atoms with Crippen LogP contribution in [0.25, 0.3) is 66.2 Å². The SMILES string of the molecule is Cc1ccc(-n2c3ccccc3c3ccc(Oc4ccc5c6ccccc6n6c(-c7c(C(C)C)cccc7C(C)C)cnc6c5c4)cc32)nc1. The third-order valence-corrected chi connectivity index (χ3v) is 10.1. The summed E-state index contributed by atoms with van der Waals surface area (Å²) in [6.07, 6.45) is 3.98. The Labute approximate surface area is 291 Å². The predicted octanol–water partition coefficient (Wildman–Crippen LogP) is 12.1. The van der Waals surface area contributed by atoms with E-state index in [1.807, 2.05) is 6.20 Å². The number of aromatic nitrogens is 4. The summed E-state index contributed by atoms with van der Waals surface area (Å²) in [7, 11) is 0. The van der Waals surface area contributed by atoms with Crippen molar-refractivity contribution >= 4 is 49.1 Å². The molecule has 5 nitrogen and oxygen atoms in total. The van der Waals surface area contributed by atoms with Gasteiger partial charge in [0.2, 0.25) is 0 Å². The molecule has 0 aliphatic carbocycles. The highest BCUT2D eigenvalue weighted by atomic mass is 16.5. The molecule has 9 rings (SSSR count). The van der Waals surface area contributed by atoms with Crippen molar-refractivity contribution in [1.29, 1.82) is 0 Å². The Morgan fingerprint density at radius 2 is 1.18 bits per heavy atom. The molecule has 9 aromatic rings. The number of pyridine rings is 2. The summed E-state index contributed by atoms with van der Waals surface area (Å²) in [5.41, 5.74) is 10.5. The molecule has 0 aliphatic heterocycles. The van der Waals surface area contributed by atoms with Crippen LogP contribution in [-0.4, -0.2) is 18.9 Å². The van der Waals surface area contributed by atoms with E-state index in [0.717, 1.165) is 66.9 Å². The minimum absolute atomic E-state index is 0.374. The van der Waals surface area contributed by atoms with E-state index in [4.69, 9.17) is 14.7 Å². The second kappa shape index (κ2) is 11.6. The van der Waals surface area contributed by atoms with Gasteiger partial charge in [0.1, 0.15) is 23.0 Å². The Morgan fingerprint density at radius 3 is 1.88 bits per heavy atom. The van der Waals surface area contributed by atoms with Gasteiger partial charge >= 0.3 is 0 Å². The van der Waals surface area contributed by atoms with Crippen LogP contribution < -0.4 is 4.74 Å². The van der Waals surface area contributed by atoms with Crippen molar-refractivity contribution < 1.29 is 4.74 Å². The predicted molar refractivity (Wildman–Crippen MR) is 207 cm³/mol. The number of aryl methyl sites for hydroxylation is 1. The zero-order valence-corrected chi connectivity index (χ0v) is 29.0. The van der Waals surface area contributed by atoms with Crippen molar-refractivity contribution in [2.24, 2.45) is 0 Å². The molecule has 5 aromatic carbocycles. The molecule has 0 amide bonds. The number of hydrogen-bond donors (Lipinski definition) is 0. The molecule has 0 saturated heterocycles. The van der Waals surface area contributed by atoms with Crippen LogP contribution in [0.3, 0.4) is 0 Å².